The van der Waals surface area contributed by atoms with E-state index in [1.807, 2.05) is 48.5 Å². The van der Waals surface area contributed by atoms with Crippen LogP contribution in [0.2, 0.25) is 0 Å². The van der Waals surface area contributed by atoms with Crippen molar-refractivity contribution < 1.29 is 14.3 Å². The van der Waals surface area contributed by atoms with Gasteiger partial charge in [-0.25, -0.2) is 4.79 Å². The topological polar surface area (TPSA) is 119 Å². The standard InChI is InChI=1S/C20H26N4O3/c21-11-4-5-12-23-19(25)14-18(24-20(22)26)15-7-6-10-17(13-15)27-16-8-2-1-3-9-16/h1-3,6-10,13,18H,4-5,11-12,14,21H2,(H,23,25)(H3,22,24,26). The molecule has 0 aromatic heterocycles. The summed E-state index contributed by atoms with van der Waals surface area (Å²) in [6.45, 7) is 1.15. The molecule has 3 amide bonds. The van der Waals surface area contributed by atoms with Gasteiger partial charge in [0.2, 0.25) is 5.91 Å². The average molecular weight is 370 g/mol. The predicted molar refractivity (Wildman–Crippen MR) is 104 cm³/mol. The van der Waals surface area contributed by atoms with Crippen LogP contribution >= 0.6 is 0 Å². The van der Waals surface area contributed by atoms with E-state index >= 15 is 0 Å². The lowest BCUT2D eigenvalue weighted by Crippen LogP contribution is -2.36. The van der Waals surface area contributed by atoms with E-state index in [9.17, 15) is 9.59 Å². The molecule has 2 rings (SSSR count). The zero-order valence-electron chi connectivity index (χ0n) is 15.2. The normalized spacial score (nSPS) is 11.4. The highest BCUT2D eigenvalue weighted by molar-refractivity contribution is 5.78. The second-order valence-electron chi connectivity index (χ2n) is 6.10. The maximum Gasteiger partial charge on any atom is 0.312 e. The number of urea groups is 1. The summed E-state index contributed by atoms with van der Waals surface area (Å²) in [5.41, 5.74) is 11.5. The molecule has 0 spiro atoms. The summed E-state index contributed by atoms with van der Waals surface area (Å²) < 4.78 is 5.81. The van der Waals surface area contributed by atoms with Crippen molar-refractivity contribution in [2.24, 2.45) is 11.5 Å². The molecule has 2 aromatic rings. The van der Waals surface area contributed by atoms with Crippen molar-refractivity contribution in [3.63, 3.8) is 0 Å². The van der Waals surface area contributed by atoms with E-state index in [2.05, 4.69) is 10.6 Å². The molecule has 0 saturated carbocycles. The van der Waals surface area contributed by atoms with E-state index in [-0.39, 0.29) is 12.3 Å². The Hall–Kier alpha value is -3.06. The molecule has 0 aliphatic carbocycles. The molecule has 2 aromatic carbocycles. The summed E-state index contributed by atoms with van der Waals surface area (Å²) in [5.74, 6) is 1.14. The molecule has 144 valence electrons. The largest absolute Gasteiger partial charge is 0.457 e. The number of nitrogens with two attached hydrogens (primary N) is 2. The van der Waals surface area contributed by atoms with Gasteiger partial charge >= 0.3 is 6.03 Å². The number of unbranched alkanes of at least 4 members (excludes halogenated alkanes) is 1. The van der Waals surface area contributed by atoms with Crippen LogP contribution < -0.4 is 26.8 Å². The molecule has 1 unspecified atom stereocenters. The highest BCUT2D eigenvalue weighted by Gasteiger charge is 2.18. The van der Waals surface area contributed by atoms with Crippen LogP contribution in [-0.2, 0) is 4.79 Å². The molecular formula is C20H26N4O3. The van der Waals surface area contributed by atoms with Crippen LogP contribution in [0, 0.1) is 0 Å². The average Bonchev–Trinajstić information content (AvgIpc) is 2.65. The Morgan fingerprint density at radius 2 is 1.74 bits per heavy atom. The number of rotatable bonds is 10. The number of ether oxygens (including phenoxy) is 1. The quantitative estimate of drug-likeness (QED) is 0.480. The maximum absolute atomic E-state index is 12.2. The van der Waals surface area contributed by atoms with Crippen molar-refractivity contribution in [2.45, 2.75) is 25.3 Å². The minimum Gasteiger partial charge on any atom is -0.457 e. The zero-order chi connectivity index (χ0) is 19.5. The summed E-state index contributed by atoms with van der Waals surface area (Å²) in [5, 5.41) is 5.45. The van der Waals surface area contributed by atoms with Crippen LogP contribution in [0.3, 0.4) is 0 Å². The number of nitrogens with one attached hydrogen (secondary N) is 2. The molecule has 0 bridgehead atoms. The number of carbonyl (C=O) groups excluding carboxylic acids is 2. The van der Waals surface area contributed by atoms with Crippen LogP contribution in [0.5, 0.6) is 11.5 Å². The first-order valence-electron chi connectivity index (χ1n) is 8.94. The molecule has 1 atom stereocenters. The first-order valence-corrected chi connectivity index (χ1v) is 8.94. The molecule has 27 heavy (non-hydrogen) atoms. The minimum atomic E-state index is -0.690. The zero-order valence-corrected chi connectivity index (χ0v) is 15.2. The molecule has 7 nitrogen and oxygen atoms in total. The highest BCUT2D eigenvalue weighted by Crippen LogP contribution is 2.25. The SMILES string of the molecule is NCCCCNC(=O)CC(NC(N)=O)c1cccc(Oc2ccccc2)c1. The molecule has 6 N–H and O–H groups in total. The van der Waals surface area contributed by atoms with E-state index in [0.29, 0.717) is 24.6 Å². The molecule has 0 aliphatic rings. The summed E-state index contributed by atoms with van der Waals surface area (Å²) in [6.07, 6.45) is 1.75. The fraction of sp³-hybridized carbons (Fsp3) is 0.300. The molecule has 0 saturated heterocycles. The summed E-state index contributed by atoms with van der Waals surface area (Å²) in [4.78, 5) is 23.6. The second kappa shape index (κ2) is 10.8. The Balaban J connectivity index is 2.05. The van der Waals surface area contributed by atoms with Crippen LogP contribution in [-0.4, -0.2) is 25.0 Å². The van der Waals surface area contributed by atoms with Gasteiger partial charge in [0.25, 0.3) is 0 Å². The van der Waals surface area contributed by atoms with Gasteiger partial charge in [-0.2, -0.15) is 0 Å². The van der Waals surface area contributed by atoms with Crippen molar-refractivity contribution in [1.82, 2.24) is 10.6 Å². The van der Waals surface area contributed by atoms with Crippen LogP contribution in [0.15, 0.2) is 54.6 Å². The Labute approximate surface area is 159 Å². The van der Waals surface area contributed by atoms with Crippen molar-refractivity contribution in [1.29, 1.82) is 0 Å². The molecule has 0 radical (unpaired) electrons. The third-order valence-corrected chi connectivity index (χ3v) is 3.90. The van der Waals surface area contributed by atoms with Gasteiger partial charge in [0.15, 0.2) is 0 Å². The van der Waals surface area contributed by atoms with Gasteiger partial charge in [-0.15, -0.1) is 0 Å². The van der Waals surface area contributed by atoms with Gasteiger partial charge in [-0.1, -0.05) is 30.3 Å². The van der Waals surface area contributed by atoms with E-state index in [4.69, 9.17) is 16.2 Å². The fourth-order valence-electron chi connectivity index (χ4n) is 2.60. The molecule has 0 fully saturated rings. The lowest BCUT2D eigenvalue weighted by atomic mass is 10.0. The van der Waals surface area contributed by atoms with Crippen molar-refractivity contribution in [2.75, 3.05) is 13.1 Å². The number of carbonyl (C=O) groups is 2. The Morgan fingerprint density at radius 3 is 2.44 bits per heavy atom. The number of hydrogen-bond acceptors (Lipinski definition) is 4. The number of amides is 3. The van der Waals surface area contributed by atoms with E-state index in [1.54, 1.807) is 6.07 Å². The third-order valence-electron chi connectivity index (χ3n) is 3.90. The number of benzene rings is 2. The third kappa shape index (κ3) is 7.37. The van der Waals surface area contributed by atoms with Gasteiger partial charge in [0, 0.05) is 6.54 Å². The first-order chi connectivity index (χ1) is 13.1. The van der Waals surface area contributed by atoms with Gasteiger partial charge < -0.3 is 26.8 Å². The van der Waals surface area contributed by atoms with Gasteiger partial charge in [-0.3, -0.25) is 4.79 Å². The second-order valence-corrected chi connectivity index (χ2v) is 6.10. The minimum absolute atomic E-state index is 0.0837. The monoisotopic (exact) mass is 370 g/mol. The van der Waals surface area contributed by atoms with Crippen molar-refractivity contribution in [3.05, 3.63) is 60.2 Å². The Morgan fingerprint density at radius 1 is 1.00 bits per heavy atom. The lowest BCUT2D eigenvalue weighted by Gasteiger charge is -2.18. The van der Waals surface area contributed by atoms with Crippen molar-refractivity contribution in [3.8, 4) is 11.5 Å². The highest BCUT2D eigenvalue weighted by atomic mass is 16.5. The van der Waals surface area contributed by atoms with E-state index < -0.39 is 12.1 Å². The molecule has 0 heterocycles. The first kappa shape index (κ1) is 20.3. The van der Waals surface area contributed by atoms with Crippen molar-refractivity contribution >= 4 is 11.9 Å². The Bertz CT molecular complexity index is 737. The number of para-hydroxylation sites is 1. The van der Waals surface area contributed by atoms with Gasteiger partial charge in [-0.05, 0) is 49.2 Å². The summed E-state index contributed by atoms with van der Waals surface area (Å²) >= 11 is 0. The van der Waals surface area contributed by atoms with Gasteiger partial charge in [0.05, 0.1) is 12.5 Å². The maximum atomic E-state index is 12.2. The summed E-state index contributed by atoms with van der Waals surface area (Å²) in [6, 6.07) is 15.4. The predicted octanol–water partition coefficient (Wildman–Crippen LogP) is 2.43. The smallest absolute Gasteiger partial charge is 0.312 e. The lowest BCUT2D eigenvalue weighted by molar-refractivity contribution is -0.121. The molecule has 7 heteroatoms. The Kier molecular flexibility index (Phi) is 8.12. The van der Waals surface area contributed by atoms with E-state index in [0.717, 1.165) is 18.4 Å². The molecular weight excluding hydrogens is 344 g/mol. The van der Waals surface area contributed by atoms with Crippen LogP contribution in [0.1, 0.15) is 30.9 Å². The number of hydrogen-bond donors (Lipinski definition) is 4. The van der Waals surface area contributed by atoms with Crippen LogP contribution in [0.25, 0.3) is 0 Å². The number of primary amides is 1. The molecule has 0 aliphatic heterocycles. The fourth-order valence-corrected chi connectivity index (χ4v) is 2.60. The van der Waals surface area contributed by atoms with Gasteiger partial charge in [0.1, 0.15) is 11.5 Å². The van der Waals surface area contributed by atoms with E-state index in [1.165, 1.54) is 0 Å². The van der Waals surface area contributed by atoms with Crippen LogP contribution in [0.4, 0.5) is 4.79 Å². The summed E-state index contributed by atoms with van der Waals surface area (Å²) in [7, 11) is 0.